The van der Waals surface area contributed by atoms with Crippen molar-refractivity contribution >= 4 is 9.84 Å². The summed E-state index contributed by atoms with van der Waals surface area (Å²) in [6.07, 6.45) is 2.09. The molecule has 5 nitrogen and oxygen atoms in total. The lowest BCUT2D eigenvalue weighted by atomic mass is 10.1. The second kappa shape index (κ2) is 2.98. The van der Waals surface area contributed by atoms with Gasteiger partial charge in [0, 0.05) is 13.0 Å². The first-order valence-corrected chi connectivity index (χ1v) is 6.23. The van der Waals surface area contributed by atoms with Crippen LogP contribution in [0, 0.1) is 0 Å². The molecule has 1 N–H and O–H groups in total. The molecular weight excluding hydrogens is 204 g/mol. The van der Waals surface area contributed by atoms with Crippen LogP contribution in [0.4, 0.5) is 0 Å². The predicted octanol–water partition coefficient (Wildman–Crippen LogP) is 0.0278. The smallest absolute Gasteiger partial charge is 0.229 e. The Kier molecular flexibility index (Phi) is 2.02. The first kappa shape index (κ1) is 9.51. The van der Waals surface area contributed by atoms with Gasteiger partial charge in [0.15, 0.2) is 9.84 Å². The van der Waals surface area contributed by atoms with Crippen LogP contribution in [0.2, 0.25) is 0 Å². The minimum absolute atomic E-state index is 0.0493. The molecule has 2 rings (SSSR count). The molecule has 1 aliphatic rings. The summed E-state index contributed by atoms with van der Waals surface area (Å²) in [6, 6.07) is 0. The normalized spacial score (nSPS) is 25.4. The van der Waals surface area contributed by atoms with E-state index in [0.29, 0.717) is 12.2 Å². The van der Waals surface area contributed by atoms with Crippen molar-refractivity contribution in [3.05, 3.63) is 12.0 Å². The fourth-order valence-corrected chi connectivity index (χ4v) is 3.58. The van der Waals surface area contributed by atoms with Crippen molar-refractivity contribution in [2.24, 2.45) is 7.05 Å². The Morgan fingerprint density at radius 3 is 2.79 bits per heavy atom. The molecule has 0 aliphatic carbocycles. The highest BCUT2D eigenvalue weighted by Gasteiger charge is 2.31. The van der Waals surface area contributed by atoms with Gasteiger partial charge >= 0.3 is 0 Å². The van der Waals surface area contributed by atoms with Crippen LogP contribution in [0.3, 0.4) is 0 Å². The lowest BCUT2D eigenvalue weighted by Crippen LogP contribution is -2.08. The van der Waals surface area contributed by atoms with Gasteiger partial charge in [0.25, 0.3) is 0 Å². The van der Waals surface area contributed by atoms with Gasteiger partial charge < -0.3 is 9.67 Å². The maximum atomic E-state index is 11.2. The molecule has 2 heterocycles. The molecule has 6 heteroatoms. The molecule has 1 atom stereocenters. The maximum absolute atomic E-state index is 11.2. The van der Waals surface area contributed by atoms with E-state index in [0.717, 1.165) is 0 Å². The van der Waals surface area contributed by atoms with E-state index < -0.39 is 9.84 Å². The summed E-state index contributed by atoms with van der Waals surface area (Å²) in [4.78, 5) is 3.91. The highest BCUT2D eigenvalue weighted by atomic mass is 32.2. The van der Waals surface area contributed by atoms with E-state index in [1.165, 1.54) is 6.20 Å². The lowest BCUT2D eigenvalue weighted by Gasteiger charge is -2.05. The van der Waals surface area contributed by atoms with Gasteiger partial charge in [-0.2, -0.15) is 4.98 Å². The van der Waals surface area contributed by atoms with E-state index in [-0.39, 0.29) is 23.3 Å². The molecule has 78 valence electrons. The molecule has 1 unspecified atom stereocenters. The highest BCUT2D eigenvalue weighted by Crippen LogP contribution is 2.28. The molecule has 0 spiro atoms. The standard InChI is InChI=1S/C8H12N2O3S/c1-10-4-7(11)9-8(10)6-2-3-14(12,13)5-6/h4,6,11H,2-3,5H2,1H3. The van der Waals surface area contributed by atoms with Crippen LogP contribution < -0.4 is 0 Å². The van der Waals surface area contributed by atoms with Crippen molar-refractivity contribution in [3.63, 3.8) is 0 Å². The minimum Gasteiger partial charge on any atom is -0.492 e. The molecule has 1 aromatic rings. The van der Waals surface area contributed by atoms with Crippen LogP contribution in [0.25, 0.3) is 0 Å². The topological polar surface area (TPSA) is 72.2 Å². The third-order valence-corrected chi connectivity index (χ3v) is 4.27. The van der Waals surface area contributed by atoms with Crippen LogP contribution in [0.5, 0.6) is 5.88 Å². The zero-order valence-electron chi connectivity index (χ0n) is 7.84. The molecule has 1 aliphatic heterocycles. The number of nitrogens with zero attached hydrogens (tertiary/aromatic N) is 2. The summed E-state index contributed by atoms with van der Waals surface area (Å²) in [7, 11) is -1.13. The van der Waals surface area contributed by atoms with Gasteiger partial charge in [-0.1, -0.05) is 0 Å². The Morgan fingerprint density at radius 1 is 1.64 bits per heavy atom. The largest absolute Gasteiger partial charge is 0.492 e. The van der Waals surface area contributed by atoms with Crippen LogP contribution >= 0.6 is 0 Å². The Labute approximate surface area is 82.3 Å². The fraction of sp³-hybridized carbons (Fsp3) is 0.625. The Balaban J connectivity index is 2.30. The van der Waals surface area contributed by atoms with E-state index in [4.69, 9.17) is 5.11 Å². The summed E-state index contributed by atoms with van der Waals surface area (Å²) in [5.41, 5.74) is 0. The van der Waals surface area contributed by atoms with E-state index in [1.54, 1.807) is 11.6 Å². The SMILES string of the molecule is Cn1cc(O)nc1C1CCS(=O)(=O)C1. The van der Waals surface area contributed by atoms with Gasteiger partial charge in [0.1, 0.15) is 5.82 Å². The van der Waals surface area contributed by atoms with Gasteiger partial charge in [-0.15, -0.1) is 0 Å². The van der Waals surface area contributed by atoms with Crippen molar-refractivity contribution in [1.29, 1.82) is 0 Å². The molecule has 0 bridgehead atoms. The van der Waals surface area contributed by atoms with E-state index in [9.17, 15) is 8.42 Å². The van der Waals surface area contributed by atoms with Crippen molar-refractivity contribution < 1.29 is 13.5 Å². The lowest BCUT2D eigenvalue weighted by molar-refractivity contribution is 0.454. The number of aromatic hydroxyl groups is 1. The van der Waals surface area contributed by atoms with Crippen molar-refractivity contribution in [3.8, 4) is 5.88 Å². The number of imidazole rings is 1. The summed E-state index contributed by atoms with van der Waals surface area (Å²) in [5, 5.41) is 9.14. The number of aryl methyl sites for hydroxylation is 1. The predicted molar refractivity (Wildman–Crippen MR) is 50.9 cm³/mol. The quantitative estimate of drug-likeness (QED) is 0.718. The van der Waals surface area contributed by atoms with E-state index in [1.807, 2.05) is 0 Å². The summed E-state index contributed by atoms with van der Waals surface area (Å²) in [6.45, 7) is 0. The summed E-state index contributed by atoms with van der Waals surface area (Å²) in [5.74, 6) is 0.920. The van der Waals surface area contributed by atoms with Gasteiger partial charge in [0.2, 0.25) is 5.88 Å². The number of aromatic nitrogens is 2. The molecule has 0 amide bonds. The zero-order valence-corrected chi connectivity index (χ0v) is 8.66. The molecule has 14 heavy (non-hydrogen) atoms. The zero-order chi connectivity index (χ0) is 10.3. The van der Waals surface area contributed by atoms with Crippen LogP contribution in [0.1, 0.15) is 18.2 Å². The fourth-order valence-electron chi connectivity index (χ4n) is 1.84. The van der Waals surface area contributed by atoms with Gasteiger partial charge in [-0.05, 0) is 6.42 Å². The second-order valence-electron chi connectivity index (χ2n) is 3.67. The van der Waals surface area contributed by atoms with Crippen LogP contribution in [0.15, 0.2) is 6.20 Å². The molecule has 0 aromatic carbocycles. The maximum Gasteiger partial charge on any atom is 0.229 e. The molecule has 1 saturated heterocycles. The third-order valence-electron chi connectivity index (χ3n) is 2.50. The minimum atomic E-state index is -2.89. The van der Waals surface area contributed by atoms with E-state index >= 15 is 0 Å². The summed E-state index contributed by atoms with van der Waals surface area (Å²) < 4.78 is 24.1. The van der Waals surface area contributed by atoms with Gasteiger partial charge in [0.05, 0.1) is 17.7 Å². The number of sulfone groups is 1. The Hall–Kier alpha value is -1.04. The molecule has 0 radical (unpaired) electrons. The molecular formula is C8H12N2O3S. The number of rotatable bonds is 1. The first-order chi connectivity index (χ1) is 6.48. The van der Waals surface area contributed by atoms with E-state index in [2.05, 4.69) is 4.98 Å². The average Bonchev–Trinajstić information content (AvgIpc) is 2.55. The first-order valence-electron chi connectivity index (χ1n) is 4.40. The third kappa shape index (κ3) is 1.61. The Bertz CT molecular complexity index is 449. The number of hydrogen-bond donors (Lipinski definition) is 1. The summed E-state index contributed by atoms with van der Waals surface area (Å²) >= 11 is 0. The molecule has 0 saturated carbocycles. The number of hydrogen-bond acceptors (Lipinski definition) is 4. The van der Waals surface area contributed by atoms with Gasteiger partial charge in [-0.3, -0.25) is 0 Å². The average molecular weight is 216 g/mol. The Morgan fingerprint density at radius 2 is 2.36 bits per heavy atom. The van der Waals surface area contributed by atoms with Crippen LogP contribution in [-0.2, 0) is 16.9 Å². The van der Waals surface area contributed by atoms with Gasteiger partial charge in [-0.25, -0.2) is 8.42 Å². The highest BCUT2D eigenvalue weighted by molar-refractivity contribution is 7.91. The van der Waals surface area contributed by atoms with Crippen molar-refractivity contribution in [1.82, 2.24) is 9.55 Å². The van der Waals surface area contributed by atoms with Crippen LogP contribution in [-0.4, -0.2) is 34.6 Å². The van der Waals surface area contributed by atoms with Crippen molar-refractivity contribution in [2.45, 2.75) is 12.3 Å². The van der Waals surface area contributed by atoms with Crippen molar-refractivity contribution in [2.75, 3.05) is 11.5 Å². The molecule has 1 aromatic heterocycles. The monoisotopic (exact) mass is 216 g/mol. The second-order valence-corrected chi connectivity index (χ2v) is 5.90. The molecule has 1 fully saturated rings.